The molecule has 0 unspecified atom stereocenters. The number of aryl methyl sites for hydroxylation is 2. The molecule has 1 aromatic carbocycles. The molecule has 0 aliphatic rings. The normalized spacial score (nSPS) is 11.9. The van der Waals surface area contributed by atoms with E-state index in [0.29, 0.717) is 24.3 Å². The van der Waals surface area contributed by atoms with Crippen molar-refractivity contribution in [2.45, 2.75) is 19.4 Å². The number of carbonyl (C=O) groups excluding carboxylic acids is 1. The maximum Gasteiger partial charge on any atom is 0.383 e. The molecule has 1 amide bonds. The number of aromatic nitrogens is 4. The predicted molar refractivity (Wildman–Crippen MR) is 104 cm³/mol. The van der Waals surface area contributed by atoms with Crippen molar-refractivity contribution in [1.82, 2.24) is 23.8 Å². The Balaban J connectivity index is 1.97. The number of fused-ring (bicyclic) bond motifs is 1. The second kappa shape index (κ2) is 6.93. The molecule has 2 aromatic heterocycles. The van der Waals surface area contributed by atoms with E-state index in [9.17, 15) is 9.59 Å². The van der Waals surface area contributed by atoms with Crippen LogP contribution in [-0.4, -0.2) is 46.4 Å². The van der Waals surface area contributed by atoms with Gasteiger partial charge in [-0.15, -0.1) is 4.68 Å². The van der Waals surface area contributed by atoms with Gasteiger partial charge in [-0.3, -0.25) is 0 Å². The van der Waals surface area contributed by atoms with E-state index in [4.69, 9.17) is 11.5 Å². The van der Waals surface area contributed by atoms with Crippen molar-refractivity contribution < 1.29 is 4.79 Å². The zero-order valence-corrected chi connectivity index (χ0v) is 15.7. The minimum atomic E-state index is -0.862. The summed E-state index contributed by atoms with van der Waals surface area (Å²) in [7, 11) is 5.43. The summed E-state index contributed by atoms with van der Waals surface area (Å²) in [6.45, 7) is 0.508. The standard InChI is InChI=1S/C18H23N7O2/c1-25(2,3)24-14-11-21-15(22-16(14)23(17(20)26)18(24)27)9-8-12-4-6-13(10-19)7-5-12/h4-7,11H,8-10,19H2,1-3H3,(H-,20,26)/p+1. The van der Waals surface area contributed by atoms with Gasteiger partial charge in [-0.2, -0.15) is 4.57 Å². The molecule has 0 fully saturated rings. The first-order valence-electron chi connectivity index (χ1n) is 8.61. The molecule has 0 aliphatic heterocycles. The number of nitrogens with two attached hydrogens (primary N) is 2. The van der Waals surface area contributed by atoms with Crippen LogP contribution >= 0.6 is 0 Å². The molecule has 0 radical (unpaired) electrons. The number of quaternary nitrogens is 1. The van der Waals surface area contributed by atoms with E-state index in [1.807, 2.05) is 45.4 Å². The van der Waals surface area contributed by atoms with Crippen molar-refractivity contribution in [3.8, 4) is 0 Å². The minimum Gasteiger partial charge on any atom is -0.351 e. The highest BCUT2D eigenvalue weighted by atomic mass is 16.2. The zero-order valence-electron chi connectivity index (χ0n) is 15.7. The molecule has 9 heteroatoms. The van der Waals surface area contributed by atoms with Crippen LogP contribution in [0.1, 0.15) is 17.0 Å². The Morgan fingerprint density at radius 2 is 1.74 bits per heavy atom. The van der Waals surface area contributed by atoms with Crippen molar-refractivity contribution in [3.63, 3.8) is 0 Å². The number of rotatable bonds is 5. The SMILES string of the molecule is C[N+](C)(C)n1c(=O)n(C(N)=O)c2nc(CCc3ccc(CN)cc3)ncc21. The Morgan fingerprint density at radius 3 is 2.30 bits per heavy atom. The molecule has 3 aromatic rings. The largest absolute Gasteiger partial charge is 0.383 e. The Bertz CT molecular complexity index is 1040. The third-order valence-electron chi connectivity index (χ3n) is 4.33. The lowest BCUT2D eigenvalue weighted by molar-refractivity contribution is 0.242. The van der Waals surface area contributed by atoms with Gasteiger partial charge in [0.1, 0.15) is 5.82 Å². The topological polar surface area (TPSA) is 122 Å². The molecule has 0 spiro atoms. The number of imidazole rings is 1. The fraction of sp³-hybridized carbons (Fsp3) is 0.333. The van der Waals surface area contributed by atoms with E-state index in [-0.39, 0.29) is 10.2 Å². The fourth-order valence-electron chi connectivity index (χ4n) is 3.00. The van der Waals surface area contributed by atoms with Gasteiger partial charge in [0.05, 0.1) is 27.3 Å². The van der Waals surface area contributed by atoms with Gasteiger partial charge in [-0.05, 0) is 17.5 Å². The summed E-state index contributed by atoms with van der Waals surface area (Å²) >= 11 is 0. The third-order valence-corrected chi connectivity index (χ3v) is 4.33. The highest BCUT2D eigenvalue weighted by Gasteiger charge is 2.26. The van der Waals surface area contributed by atoms with Crippen molar-refractivity contribution in [1.29, 1.82) is 0 Å². The Kier molecular flexibility index (Phi) is 4.81. The molecule has 4 N–H and O–H groups in total. The number of hydrogen-bond acceptors (Lipinski definition) is 5. The second-order valence-electron chi connectivity index (χ2n) is 7.23. The summed E-state index contributed by atoms with van der Waals surface area (Å²) in [6, 6.07) is 7.16. The molecular formula is C18H24N7O2+. The van der Waals surface area contributed by atoms with Crippen LogP contribution in [0.4, 0.5) is 4.79 Å². The summed E-state index contributed by atoms with van der Waals surface area (Å²) in [6.07, 6.45) is 2.87. The first-order chi connectivity index (χ1) is 12.7. The molecule has 3 rings (SSSR count). The maximum atomic E-state index is 12.7. The van der Waals surface area contributed by atoms with E-state index in [1.165, 1.54) is 4.68 Å². The molecule has 142 valence electrons. The highest BCUT2D eigenvalue weighted by molar-refractivity contribution is 5.86. The number of benzene rings is 1. The quantitative estimate of drug-likeness (QED) is 0.617. The monoisotopic (exact) mass is 370 g/mol. The minimum absolute atomic E-state index is 0.159. The molecular weight excluding hydrogens is 346 g/mol. The molecule has 2 heterocycles. The maximum absolute atomic E-state index is 12.7. The number of carbonyl (C=O) groups is 1. The number of hydrogen-bond donors (Lipinski definition) is 2. The van der Waals surface area contributed by atoms with Gasteiger partial charge in [0.25, 0.3) is 0 Å². The number of primary amides is 1. The van der Waals surface area contributed by atoms with E-state index in [0.717, 1.165) is 22.1 Å². The lowest BCUT2D eigenvalue weighted by Crippen LogP contribution is -2.53. The lowest BCUT2D eigenvalue weighted by Gasteiger charge is -2.23. The highest BCUT2D eigenvalue weighted by Crippen LogP contribution is 2.13. The van der Waals surface area contributed by atoms with Crippen molar-refractivity contribution in [3.05, 3.63) is 57.9 Å². The predicted octanol–water partition coefficient (Wildman–Crippen LogP) is 0.0920. The van der Waals surface area contributed by atoms with Gasteiger partial charge in [0.15, 0.2) is 11.2 Å². The Labute approximate surface area is 156 Å². The van der Waals surface area contributed by atoms with Gasteiger partial charge < -0.3 is 11.5 Å². The molecule has 0 bridgehead atoms. The van der Waals surface area contributed by atoms with E-state index in [1.54, 1.807) is 6.20 Å². The average Bonchev–Trinajstić information content (AvgIpc) is 2.91. The van der Waals surface area contributed by atoms with Gasteiger partial charge >= 0.3 is 11.7 Å². The van der Waals surface area contributed by atoms with Crippen LogP contribution < -0.4 is 21.7 Å². The first-order valence-corrected chi connectivity index (χ1v) is 8.61. The van der Waals surface area contributed by atoms with Crippen LogP contribution in [0.2, 0.25) is 0 Å². The van der Waals surface area contributed by atoms with Crippen LogP contribution in [0.15, 0.2) is 35.3 Å². The second-order valence-corrected chi connectivity index (χ2v) is 7.23. The van der Waals surface area contributed by atoms with E-state index in [2.05, 4.69) is 9.97 Å². The Hall–Kier alpha value is -3.04. The van der Waals surface area contributed by atoms with Crippen LogP contribution in [0.5, 0.6) is 0 Å². The zero-order chi connectivity index (χ0) is 19.8. The first kappa shape index (κ1) is 18.7. The molecule has 27 heavy (non-hydrogen) atoms. The molecule has 0 saturated heterocycles. The van der Waals surface area contributed by atoms with Gasteiger partial charge in [-0.25, -0.2) is 24.1 Å². The van der Waals surface area contributed by atoms with Crippen molar-refractivity contribution >= 4 is 17.2 Å². The number of nitrogens with zero attached hydrogens (tertiary/aromatic N) is 5. The van der Waals surface area contributed by atoms with Crippen molar-refractivity contribution in [2.75, 3.05) is 21.1 Å². The van der Waals surface area contributed by atoms with Crippen LogP contribution in [0, 0.1) is 0 Å². The summed E-state index contributed by atoms with van der Waals surface area (Å²) in [5.41, 5.74) is 13.4. The van der Waals surface area contributed by atoms with Crippen LogP contribution in [-0.2, 0) is 19.4 Å². The van der Waals surface area contributed by atoms with Crippen LogP contribution in [0.25, 0.3) is 11.2 Å². The molecule has 0 aliphatic carbocycles. The molecule has 9 nitrogen and oxygen atoms in total. The number of amides is 1. The lowest BCUT2D eigenvalue weighted by atomic mass is 10.1. The molecule has 0 saturated carbocycles. The van der Waals surface area contributed by atoms with Gasteiger partial charge in [0.2, 0.25) is 0 Å². The summed E-state index contributed by atoms with van der Waals surface area (Å²) in [4.78, 5) is 33.3. The van der Waals surface area contributed by atoms with Crippen LogP contribution in [0.3, 0.4) is 0 Å². The summed E-state index contributed by atoms with van der Waals surface area (Å²) < 4.78 is 2.47. The third kappa shape index (κ3) is 3.60. The average molecular weight is 370 g/mol. The van der Waals surface area contributed by atoms with E-state index < -0.39 is 11.7 Å². The smallest absolute Gasteiger partial charge is 0.351 e. The fourth-order valence-corrected chi connectivity index (χ4v) is 3.00. The van der Waals surface area contributed by atoms with Gasteiger partial charge in [0, 0.05) is 13.0 Å². The van der Waals surface area contributed by atoms with Crippen molar-refractivity contribution in [2.24, 2.45) is 11.5 Å². The molecule has 0 atom stereocenters. The van der Waals surface area contributed by atoms with E-state index >= 15 is 0 Å². The summed E-state index contributed by atoms with van der Waals surface area (Å²) in [5, 5.41) is 0. The van der Waals surface area contributed by atoms with Gasteiger partial charge in [-0.1, -0.05) is 24.3 Å². The Morgan fingerprint density at radius 1 is 1.11 bits per heavy atom. The summed E-state index contributed by atoms with van der Waals surface area (Å²) in [5.74, 6) is 0.541.